The van der Waals surface area contributed by atoms with Crippen LogP contribution in [0.1, 0.15) is 30.3 Å². The standard InChI is InChI=1S/C21H25N3OS/c1-4-11-24-16(2)13-18(17(24)3)14-19(15-22)21(25)23-10-12-26-20-8-6-5-7-9-20/h5-9,13-14H,4,10-12H2,1-3H3,(H,23,25)/b19-14+. The Bertz CT molecular complexity index is 816. The van der Waals surface area contributed by atoms with E-state index in [-0.39, 0.29) is 11.5 Å². The first kappa shape index (κ1) is 19.9. The van der Waals surface area contributed by atoms with Gasteiger partial charge in [-0.2, -0.15) is 5.26 Å². The molecule has 2 aromatic rings. The van der Waals surface area contributed by atoms with Gasteiger partial charge in [-0.3, -0.25) is 4.79 Å². The number of carbonyl (C=O) groups excluding carboxylic acids is 1. The summed E-state index contributed by atoms with van der Waals surface area (Å²) < 4.78 is 2.22. The first-order valence-electron chi connectivity index (χ1n) is 8.81. The first-order chi connectivity index (χ1) is 12.6. The lowest BCUT2D eigenvalue weighted by molar-refractivity contribution is -0.116. The smallest absolute Gasteiger partial charge is 0.261 e. The zero-order chi connectivity index (χ0) is 18.9. The molecule has 2 rings (SSSR count). The molecular weight excluding hydrogens is 342 g/mol. The SMILES string of the molecule is CCCn1c(C)cc(/C=C(\C#N)C(=O)NCCSc2ccccc2)c1C. The van der Waals surface area contributed by atoms with Crippen molar-refractivity contribution < 1.29 is 4.79 Å². The molecule has 1 N–H and O–H groups in total. The minimum Gasteiger partial charge on any atom is -0.351 e. The molecule has 0 radical (unpaired) electrons. The van der Waals surface area contributed by atoms with Crippen LogP contribution in [-0.2, 0) is 11.3 Å². The lowest BCUT2D eigenvalue weighted by Gasteiger charge is -2.07. The Morgan fingerprint density at radius 1 is 1.31 bits per heavy atom. The molecule has 1 heterocycles. The average molecular weight is 368 g/mol. The number of benzene rings is 1. The third kappa shape index (κ3) is 5.27. The summed E-state index contributed by atoms with van der Waals surface area (Å²) in [6, 6.07) is 14.1. The van der Waals surface area contributed by atoms with Crippen LogP contribution in [0.3, 0.4) is 0 Å². The van der Waals surface area contributed by atoms with Gasteiger partial charge in [-0.1, -0.05) is 25.1 Å². The lowest BCUT2D eigenvalue weighted by atomic mass is 10.1. The summed E-state index contributed by atoms with van der Waals surface area (Å²) >= 11 is 1.68. The highest BCUT2D eigenvalue weighted by Gasteiger charge is 2.12. The van der Waals surface area contributed by atoms with Crippen molar-refractivity contribution >= 4 is 23.7 Å². The van der Waals surface area contributed by atoms with E-state index in [0.717, 1.165) is 35.7 Å². The van der Waals surface area contributed by atoms with Crippen LogP contribution in [0.2, 0.25) is 0 Å². The predicted molar refractivity (Wildman–Crippen MR) is 108 cm³/mol. The number of amides is 1. The molecule has 1 aromatic carbocycles. The Morgan fingerprint density at radius 2 is 2.04 bits per heavy atom. The van der Waals surface area contributed by atoms with Crippen LogP contribution in [0.25, 0.3) is 6.08 Å². The summed E-state index contributed by atoms with van der Waals surface area (Å²) in [4.78, 5) is 13.5. The van der Waals surface area contributed by atoms with Gasteiger partial charge in [0.1, 0.15) is 11.6 Å². The molecule has 0 atom stereocenters. The van der Waals surface area contributed by atoms with Crippen LogP contribution in [0.5, 0.6) is 0 Å². The second-order valence-electron chi connectivity index (χ2n) is 6.07. The van der Waals surface area contributed by atoms with Crippen molar-refractivity contribution in [2.45, 2.75) is 38.6 Å². The van der Waals surface area contributed by atoms with E-state index < -0.39 is 0 Å². The van der Waals surface area contributed by atoms with Crippen molar-refractivity contribution in [2.24, 2.45) is 0 Å². The highest BCUT2D eigenvalue weighted by Crippen LogP contribution is 2.19. The number of carbonyl (C=O) groups is 1. The van der Waals surface area contributed by atoms with Crippen LogP contribution in [-0.4, -0.2) is 22.8 Å². The van der Waals surface area contributed by atoms with Gasteiger partial charge in [-0.15, -0.1) is 11.8 Å². The second-order valence-corrected chi connectivity index (χ2v) is 7.23. The molecule has 1 aromatic heterocycles. The molecule has 0 saturated heterocycles. The molecule has 0 aliphatic carbocycles. The van der Waals surface area contributed by atoms with E-state index in [9.17, 15) is 10.1 Å². The number of nitrogens with zero attached hydrogens (tertiary/aromatic N) is 2. The van der Waals surface area contributed by atoms with E-state index in [0.29, 0.717) is 6.54 Å². The van der Waals surface area contributed by atoms with E-state index in [1.165, 1.54) is 4.90 Å². The number of thioether (sulfide) groups is 1. The fourth-order valence-electron chi connectivity index (χ4n) is 2.79. The third-order valence-electron chi connectivity index (χ3n) is 4.12. The van der Waals surface area contributed by atoms with E-state index in [2.05, 4.69) is 16.8 Å². The van der Waals surface area contributed by atoms with E-state index in [4.69, 9.17) is 0 Å². The summed E-state index contributed by atoms with van der Waals surface area (Å²) in [6.07, 6.45) is 2.73. The second kappa shape index (κ2) is 9.88. The Kier molecular flexibility index (Phi) is 7.55. The molecule has 136 valence electrons. The zero-order valence-corrected chi connectivity index (χ0v) is 16.4. The van der Waals surface area contributed by atoms with Gasteiger partial charge in [-0.05, 0) is 50.1 Å². The van der Waals surface area contributed by atoms with Crippen LogP contribution in [0.15, 0.2) is 46.9 Å². The number of aromatic nitrogens is 1. The largest absolute Gasteiger partial charge is 0.351 e. The highest BCUT2D eigenvalue weighted by atomic mass is 32.2. The topological polar surface area (TPSA) is 57.8 Å². The van der Waals surface area contributed by atoms with Gasteiger partial charge >= 0.3 is 0 Å². The number of rotatable bonds is 8. The van der Waals surface area contributed by atoms with Gasteiger partial charge < -0.3 is 9.88 Å². The van der Waals surface area contributed by atoms with E-state index in [1.54, 1.807) is 17.8 Å². The summed E-state index contributed by atoms with van der Waals surface area (Å²) in [5.41, 5.74) is 3.31. The van der Waals surface area contributed by atoms with Gasteiger partial charge in [0, 0.05) is 35.1 Å². The van der Waals surface area contributed by atoms with Gasteiger partial charge in [-0.25, -0.2) is 0 Å². The summed E-state index contributed by atoms with van der Waals surface area (Å²) in [7, 11) is 0. The first-order valence-corrected chi connectivity index (χ1v) is 9.80. The normalized spacial score (nSPS) is 11.2. The molecule has 26 heavy (non-hydrogen) atoms. The van der Waals surface area contributed by atoms with Gasteiger partial charge in [0.2, 0.25) is 0 Å². The molecule has 4 nitrogen and oxygen atoms in total. The maximum absolute atomic E-state index is 12.3. The number of hydrogen-bond donors (Lipinski definition) is 1. The average Bonchev–Trinajstić information content (AvgIpc) is 2.91. The molecule has 0 unspecified atom stereocenters. The Balaban J connectivity index is 1.97. The Labute approximate surface area is 159 Å². The number of aryl methyl sites for hydroxylation is 1. The molecule has 0 spiro atoms. The predicted octanol–water partition coefficient (Wildman–Crippen LogP) is 4.33. The fourth-order valence-corrected chi connectivity index (χ4v) is 3.58. The van der Waals surface area contributed by atoms with Crippen molar-refractivity contribution in [2.75, 3.05) is 12.3 Å². The zero-order valence-electron chi connectivity index (χ0n) is 15.6. The molecule has 0 saturated carbocycles. The van der Waals surface area contributed by atoms with Gasteiger partial charge in [0.25, 0.3) is 5.91 Å². The van der Waals surface area contributed by atoms with E-state index in [1.807, 2.05) is 56.3 Å². The third-order valence-corrected chi connectivity index (χ3v) is 5.14. The molecule has 1 amide bonds. The minimum absolute atomic E-state index is 0.145. The van der Waals surface area contributed by atoms with Gasteiger partial charge in [0.15, 0.2) is 0 Å². The molecule has 0 aliphatic heterocycles. The van der Waals surface area contributed by atoms with Crippen molar-refractivity contribution in [3.63, 3.8) is 0 Å². The molecular formula is C21H25N3OS. The highest BCUT2D eigenvalue weighted by molar-refractivity contribution is 7.99. The molecule has 0 aliphatic rings. The number of nitrogens with one attached hydrogen (secondary N) is 1. The van der Waals surface area contributed by atoms with Crippen molar-refractivity contribution in [1.82, 2.24) is 9.88 Å². The minimum atomic E-state index is -0.318. The fraction of sp³-hybridized carbons (Fsp3) is 0.333. The van der Waals surface area contributed by atoms with Crippen LogP contribution in [0, 0.1) is 25.2 Å². The number of hydrogen-bond acceptors (Lipinski definition) is 3. The van der Waals surface area contributed by atoms with Crippen molar-refractivity contribution in [3.8, 4) is 6.07 Å². The monoisotopic (exact) mass is 367 g/mol. The quantitative estimate of drug-likeness (QED) is 0.327. The van der Waals surface area contributed by atoms with Crippen LogP contribution in [0.4, 0.5) is 0 Å². The molecule has 5 heteroatoms. The summed E-state index contributed by atoms with van der Waals surface area (Å²) in [6.45, 7) is 7.67. The maximum Gasteiger partial charge on any atom is 0.261 e. The maximum atomic E-state index is 12.3. The van der Waals surface area contributed by atoms with Crippen molar-refractivity contribution in [3.05, 3.63) is 58.9 Å². The Hall–Kier alpha value is -2.45. The summed E-state index contributed by atoms with van der Waals surface area (Å²) in [5, 5.41) is 12.2. The van der Waals surface area contributed by atoms with Crippen LogP contribution >= 0.6 is 11.8 Å². The van der Waals surface area contributed by atoms with E-state index >= 15 is 0 Å². The molecule has 0 bridgehead atoms. The Morgan fingerprint density at radius 3 is 2.69 bits per heavy atom. The van der Waals surface area contributed by atoms with Gasteiger partial charge in [0.05, 0.1) is 0 Å². The number of nitriles is 1. The van der Waals surface area contributed by atoms with Crippen LogP contribution < -0.4 is 5.32 Å². The van der Waals surface area contributed by atoms with Crippen molar-refractivity contribution in [1.29, 1.82) is 5.26 Å². The lowest BCUT2D eigenvalue weighted by Crippen LogP contribution is -2.26. The molecule has 0 fully saturated rings. The summed E-state index contributed by atoms with van der Waals surface area (Å²) in [5.74, 6) is 0.445.